The van der Waals surface area contributed by atoms with E-state index in [0.717, 1.165) is 42.4 Å². The van der Waals surface area contributed by atoms with Gasteiger partial charge < -0.3 is 14.8 Å². The first-order valence-corrected chi connectivity index (χ1v) is 7.09. The van der Waals surface area contributed by atoms with E-state index in [9.17, 15) is 0 Å². The Morgan fingerprint density at radius 1 is 1.29 bits per heavy atom. The zero-order chi connectivity index (χ0) is 15.1. The molecule has 0 amide bonds. The molecule has 0 aliphatic rings. The van der Waals surface area contributed by atoms with Gasteiger partial charge in [0.15, 0.2) is 17.3 Å². The first-order chi connectivity index (χ1) is 10.3. The lowest BCUT2D eigenvalue weighted by Crippen LogP contribution is -2.09. The van der Waals surface area contributed by atoms with Gasteiger partial charge in [-0.3, -0.25) is 0 Å². The van der Waals surface area contributed by atoms with Crippen LogP contribution in [0.4, 0.5) is 0 Å². The van der Waals surface area contributed by atoms with E-state index in [2.05, 4.69) is 22.3 Å². The number of rotatable bonds is 8. The van der Waals surface area contributed by atoms with Crippen LogP contribution in [0.25, 0.3) is 0 Å². The maximum Gasteiger partial charge on any atom is 0.164 e. The molecule has 6 nitrogen and oxygen atoms in total. The van der Waals surface area contributed by atoms with Crippen LogP contribution in [-0.2, 0) is 19.7 Å². The van der Waals surface area contributed by atoms with Crippen molar-refractivity contribution in [1.82, 2.24) is 20.1 Å². The fraction of sp³-hybridized carbons (Fsp3) is 0.467. The Balaban J connectivity index is 2.10. The monoisotopic (exact) mass is 290 g/mol. The van der Waals surface area contributed by atoms with Crippen molar-refractivity contribution in [3.05, 3.63) is 35.9 Å². The van der Waals surface area contributed by atoms with Crippen LogP contribution in [0.2, 0.25) is 0 Å². The Kier molecular flexibility index (Phi) is 5.57. The molecule has 2 aromatic rings. The highest BCUT2D eigenvalue weighted by Crippen LogP contribution is 2.28. The van der Waals surface area contributed by atoms with Crippen molar-refractivity contribution in [2.24, 2.45) is 0 Å². The molecule has 0 aliphatic carbocycles. The predicted octanol–water partition coefficient (Wildman–Crippen LogP) is 2.00. The summed E-state index contributed by atoms with van der Waals surface area (Å²) in [4.78, 5) is 4.24. The molecule has 2 rings (SSSR count). The number of benzene rings is 1. The van der Waals surface area contributed by atoms with Crippen molar-refractivity contribution in [3.8, 4) is 11.5 Å². The van der Waals surface area contributed by atoms with Gasteiger partial charge in [0.1, 0.15) is 12.9 Å². The summed E-state index contributed by atoms with van der Waals surface area (Å²) in [5, 5.41) is 7.31. The fourth-order valence-electron chi connectivity index (χ4n) is 2.09. The minimum Gasteiger partial charge on any atom is -0.493 e. The number of ether oxygens (including phenoxy) is 2. The Labute approximate surface area is 125 Å². The van der Waals surface area contributed by atoms with Gasteiger partial charge in [-0.05, 0) is 31.2 Å². The molecule has 1 N–H and O–H groups in total. The molecule has 0 unspecified atom stereocenters. The molecular weight excluding hydrogens is 268 g/mol. The Bertz CT molecular complexity index is 569. The van der Waals surface area contributed by atoms with E-state index in [1.54, 1.807) is 13.4 Å². The number of hydrogen-bond donors (Lipinski definition) is 1. The van der Waals surface area contributed by atoms with Crippen molar-refractivity contribution in [2.45, 2.75) is 33.0 Å². The smallest absolute Gasteiger partial charge is 0.164 e. The second-order valence-corrected chi connectivity index (χ2v) is 4.70. The van der Waals surface area contributed by atoms with Crippen LogP contribution < -0.4 is 14.8 Å². The molecule has 21 heavy (non-hydrogen) atoms. The average molecular weight is 290 g/mol. The van der Waals surface area contributed by atoms with Crippen molar-refractivity contribution in [3.63, 3.8) is 0 Å². The standard InChI is InChI=1S/C15H22N4O2/c1-4-7-19-15(17-11-18-19)10-21-14-8-12(9-16-2)5-6-13(14)20-3/h5-6,8,11,16H,4,7,9-10H2,1-3H3. The molecule has 6 heteroatoms. The third kappa shape index (κ3) is 3.95. The van der Waals surface area contributed by atoms with Crippen molar-refractivity contribution in [1.29, 1.82) is 0 Å². The average Bonchev–Trinajstić information content (AvgIpc) is 2.93. The molecule has 0 radical (unpaired) electrons. The highest BCUT2D eigenvalue weighted by molar-refractivity contribution is 5.42. The molecule has 114 valence electrons. The zero-order valence-electron chi connectivity index (χ0n) is 12.8. The Morgan fingerprint density at radius 2 is 2.14 bits per heavy atom. The molecule has 0 fully saturated rings. The normalized spacial score (nSPS) is 10.6. The van der Waals surface area contributed by atoms with Crippen LogP contribution >= 0.6 is 0 Å². The molecule has 1 aromatic heterocycles. The van der Waals surface area contributed by atoms with E-state index in [-0.39, 0.29) is 0 Å². The van der Waals surface area contributed by atoms with Gasteiger partial charge in [0, 0.05) is 13.1 Å². The van der Waals surface area contributed by atoms with Gasteiger partial charge in [0.25, 0.3) is 0 Å². The summed E-state index contributed by atoms with van der Waals surface area (Å²) in [7, 11) is 3.55. The van der Waals surface area contributed by atoms with Gasteiger partial charge in [0.05, 0.1) is 7.11 Å². The molecule has 0 bridgehead atoms. The molecule has 0 aliphatic heterocycles. The van der Waals surface area contributed by atoms with Crippen LogP contribution in [0.1, 0.15) is 24.7 Å². The zero-order valence-corrected chi connectivity index (χ0v) is 12.8. The quantitative estimate of drug-likeness (QED) is 0.805. The van der Waals surface area contributed by atoms with Crippen molar-refractivity contribution >= 4 is 0 Å². The molecule has 0 saturated carbocycles. The summed E-state index contributed by atoms with van der Waals surface area (Å²) in [5.41, 5.74) is 1.14. The lowest BCUT2D eigenvalue weighted by molar-refractivity contribution is 0.268. The van der Waals surface area contributed by atoms with Crippen LogP contribution in [0.15, 0.2) is 24.5 Å². The van der Waals surface area contributed by atoms with E-state index >= 15 is 0 Å². The van der Waals surface area contributed by atoms with E-state index in [4.69, 9.17) is 9.47 Å². The summed E-state index contributed by atoms with van der Waals surface area (Å²) in [6, 6.07) is 5.91. The number of aryl methyl sites for hydroxylation is 1. The summed E-state index contributed by atoms with van der Waals surface area (Å²) >= 11 is 0. The SMILES string of the molecule is CCCn1ncnc1COc1cc(CNC)ccc1OC. The fourth-order valence-corrected chi connectivity index (χ4v) is 2.09. The third-order valence-corrected chi connectivity index (χ3v) is 3.10. The lowest BCUT2D eigenvalue weighted by Gasteiger charge is -2.12. The van der Waals surface area contributed by atoms with E-state index in [1.165, 1.54) is 0 Å². The highest BCUT2D eigenvalue weighted by atomic mass is 16.5. The van der Waals surface area contributed by atoms with Crippen LogP contribution in [0.5, 0.6) is 11.5 Å². The van der Waals surface area contributed by atoms with Crippen molar-refractivity contribution < 1.29 is 9.47 Å². The number of aromatic nitrogens is 3. The van der Waals surface area contributed by atoms with Gasteiger partial charge >= 0.3 is 0 Å². The molecule has 0 atom stereocenters. The molecule has 0 saturated heterocycles. The summed E-state index contributed by atoms with van der Waals surface area (Å²) < 4.78 is 13.1. The Hall–Kier alpha value is -2.08. The molecule has 0 spiro atoms. The first kappa shape index (κ1) is 15.3. The van der Waals surface area contributed by atoms with Gasteiger partial charge in [-0.1, -0.05) is 13.0 Å². The lowest BCUT2D eigenvalue weighted by atomic mass is 10.2. The minimum absolute atomic E-state index is 0.374. The van der Waals surface area contributed by atoms with E-state index in [0.29, 0.717) is 6.61 Å². The number of methoxy groups -OCH3 is 1. The second-order valence-electron chi connectivity index (χ2n) is 4.70. The maximum atomic E-state index is 5.87. The van der Waals surface area contributed by atoms with Crippen molar-refractivity contribution in [2.75, 3.05) is 14.2 Å². The highest BCUT2D eigenvalue weighted by Gasteiger charge is 2.09. The maximum absolute atomic E-state index is 5.87. The number of nitrogens with one attached hydrogen (secondary N) is 1. The van der Waals surface area contributed by atoms with E-state index < -0.39 is 0 Å². The molecular formula is C15H22N4O2. The predicted molar refractivity (Wildman–Crippen MR) is 80.4 cm³/mol. The summed E-state index contributed by atoms with van der Waals surface area (Å²) in [5.74, 6) is 2.26. The summed E-state index contributed by atoms with van der Waals surface area (Å²) in [6.07, 6.45) is 2.57. The van der Waals surface area contributed by atoms with Crippen LogP contribution in [0, 0.1) is 0 Å². The molecule has 1 heterocycles. The van der Waals surface area contributed by atoms with E-state index in [1.807, 2.05) is 29.9 Å². The van der Waals surface area contributed by atoms with Crippen LogP contribution in [-0.4, -0.2) is 28.9 Å². The Morgan fingerprint density at radius 3 is 2.86 bits per heavy atom. The topological polar surface area (TPSA) is 61.2 Å². The molecule has 1 aromatic carbocycles. The largest absolute Gasteiger partial charge is 0.493 e. The van der Waals surface area contributed by atoms with Gasteiger partial charge in [-0.15, -0.1) is 0 Å². The number of hydrogen-bond acceptors (Lipinski definition) is 5. The van der Waals surface area contributed by atoms with Gasteiger partial charge in [0.2, 0.25) is 0 Å². The second kappa shape index (κ2) is 7.64. The third-order valence-electron chi connectivity index (χ3n) is 3.10. The number of nitrogens with zero attached hydrogens (tertiary/aromatic N) is 3. The minimum atomic E-state index is 0.374. The van der Waals surface area contributed by atoms with Crippen LogP contribution in [0.3, 0.4) is 0 Å². The first-order valence-electron chi connectivity index (χ1n) is 7.09. The summed E-state index contributed by atoms with van der Waals surface area (Å²) in [6.45, 7) is 4.11. The van der Waals surface area contributed by atoms with Gasteiger partial charge in [-0.2, -0.15) is 5.10 Å². The van der Waals surface area contributed by atoms with Gasteiger partial charge in [-0.25, -0.2) is 9.67 Å².